The van der Waals surface area contributed by atoms with Crippen LogP contribution in [-0.4, -0.2) is 28.7 Å². The highest BCUT2D eigenvalue weighted by Gasteiger charge is 2.48. The normalized spacial score (nSPS) is 22.9. The minimum absolute atomic E-state index is 0.0947. The first-order chi connectivity index (χ1) is 8.91. The molecule has 1 amide bonds. The van der Waals surface area contributed by atoms with E-state index >= 15 is 0 Å². The highest BCUT2D eigenvalue weighted by atomic mass is 16.5. The van der Waals surface area contributed by atoms with Crippen LogP contribution in [0.25, 0.3) is 0 Å². The van der Waals surface area contributed by atoms with Crippen LogP contribution in [0.15, 0.2) is 4.52 Å². The van der Waals surface area contributed by atoms with Gasteiger partial charge in [-0.25, -0.2) is 0 Å². The molecular weight excluding hydrogens is 248 g/mol. The average molecular weight is 266 g/mol. The zero-order valence-corrected chi connectivity index (χ0v) is 11.3. The Morgan fingerprint density at radius 3 is 2.63 bits per heavy atom. The topological polar surface area (TPSA) is 92.4 Å². The first-order valence-corrected chi connectivity index (χ1v) is 6.35. The van der Waals surface area contributed by atoms with Crippen LogP contribution in [0.3, 0.4) is 0 Å². The van der Waals surface area contributed by atoms with E-state index in [1.807, 2.05) is 20.8 Å². The third-order valence-electron chi connectivity index (χ3n) is 3.61. The van der Waals surface area contributed by atoms with Gasteiger partial charge in [0.05, 0.1) is 17.5 Å². The van der Waals surface area contributed by atoms with Crippen LogP contribution in [0.2, 0.25) is 0 Å². The Labute approximate surface area is 111 Å². The lowest BCUT2D eigenvalue weighted by Crippen LogP contribution is -2.30. The molecule has 1 saturated carbocycles. The maximum Gasteiger partial charge on any atom is 0.307 e. The molecule has 1 aliphatic carbocycles. The summed E-state index contributed by atoms with van der Waals surface area (Å²) >= 11 is 0. The monoisotopic (exact) mass is 266 g/mol. The minimum atomic E-state index is -0.890. The van der Waals surface area contributed by atoms with E-state index < -0.39 is 11.9 Å². The molecule has 1 fully saturated rings. The highest BCUT2D eigenvalue weighted by Crippen LogP contribution is 2.38. The van der Waals surface area contributed by atoms with E-state index in [-0.39, 0.29) is 17.7 Å². The first-order valence-electron chi connectivity index (χ1n) is 6.35. The van der Waals surface area contributed by atoms with Gasteiger partial charge in [-0.2, -0.15) is 0 Å². The Bertz CT molecular complexity index is 489. The van der Waals surface area contributed by atoms with Crippen molar-refractivity contribution in [1.82, 2.24) is 10.5 Å². The van der Waals surface area contributed by atoms with Gasteiger partial charge in [-0.05, 0) is 20.3 Å². The molecule has 6 heteroatoms. The quantitative estimate of drug-likeness (QED) is 0.836. The molecule has 0 spiro atoms. The Kier molecular flexibility index (Phi) is 3.59. The van der Waals surface area contributed by atoms with Gasteiger partial charge in [-0.3, -0.25) is 9.59 Å². The van der Waals surface area contributed by atoms with E-state index in [9.17, 15) is 9.59 Å². The van der Waals surface area contributed by atoms with E-state index in [0.717, 1.165) is 17.0 Å². The number of carbonyl (C=O) groups is 2. The van der Waals surface area contributed by atoms with Crippen molar-refractivity contribution in [2.45, 2.75) is 33.1 Å². The second-order valence-corrected chi connectivity index (χ2v) is 5.17. The van der Waals surface area contributed by atoms with Crippen molar-refractivity contribution in [3.63, 3.8) is 0 Å². The second kappa shape index (κ2) is 5.03. The summed E-state index contributed by atoms with van der Waals surface area (Å²) in [5.74, 6) is -1.08. The molecule has 3 atom stereocenters. The third kappa shape index (κ3) is 2.77. The Hall–Kier alpha value is -1.85. The van der Waals surface area contributed by atoms with Crippen molar-refractivity contribution in [3.8, 4) is 0 Å². The molecule has 0 aliphatic heterocycles. The highest BCUT2D eigenvalue weighted by molar-refractivity contribution is 5.89. The molecule has 0 bridgehead atoms. The van der Waals surface area contributed by atoms with Gasteiger partial charge in [0.1, 0.15) is 5.76 Å². The molecule has 2 N–H and O–H groups in total. The number of carbonyl (C=O) groups excluding carboxylic acids is 1. The number of aliphatic carboxylic acids is 1. The van der Waals surface area contributed by atoms with Gasteiger partial charge in [0.15, 0.2) is 0 Å². The zero-order valence-electron chi connectivity index (χ0n) is 11.3. The summed E-state index contributed by atoms with van der Waals surface area (Å²) < 4.78 is 5.09. The maximum atomic E-state index is 11.8. The molecule has 1 aromatic rings. The standard InChI is InChI=1S/C13H18N2O4/c1-6(11-7(2)15-19-8(11)3)5-14-12(16)9-4-10(9)13(17)18/h6,9-10H,4-5H2,1-3H3,(H,14,16)(H,17,18). The number of hydrogen-bond acceptors (Lipinski definition) is 4. The SMILES string of the molecule is Cc1noc(C)c1C(C)CNC(=O)C1CC1C(=O)O. The molecule has 0 aromatic carbocycles. The smallest absolute Gasteiger partial charge is 0.307 e. The molecule has 104 valence electrons. The molecule has 19 heavy (non-hydrogen) atoms. The predicted octanol–water partition coefficient (Wildman–Crippen LogP) is 1.23. The number of nitrogens with one attached hydrogen (secondary N) is 1. The van der Waals surface area contributed by atoms with E-state index in [0.29, 0.717) is 13.0 Å². The lowest BCUT2D eigenvalue weighted by Gasteiger charge is -2.12. The van der Waals surface area contributed by atoms with Crippen molar-refractivity contribution in [2.75, 3.05) is 6.54 Å². The largest absolute Gasteiger partial charge is 0.481 e. The molecule has 1 aromatic heterocycles. The molecule has 2 rings (SSSR count). The van der Waals surface area contributed by atoms with Crippen molar-refractivity contribution < 1.29 is 19.2 Å². The van der Waals surface area contributed by atoms with Crippen LogP contribution in [0, 0.1) is 25.7 Å². The number of carboxylic acid groups (broad SMARTS) is 1. The summed E-state index contributed by atoms with van der Waals surface area (Å²) in [7, 11) is 0. The molecular formula is C13H18N2O4. The van der Waals surface area contributed by atoms with Gasteiger partial charge in [-0.1, -0.05) is 12.1 Å². The van der Waals surface area contributed by atoms with E-state index in [4.69, 9.17) is 9.63 Å². The summed E-state index contributed by atoms with van der Waals surface area (Å²) in [4.78, 5) is 22.4. The van der Waals surface area contributed by atoms with Gasteiger partial charge in [-0.15, -0.1) is 0 Å². The number of hydrogen-bond donors (Lipinski definition) is 2. The minimum Gasteiger partial charge on any atom is -0.481 e. The number of nitrogens with zero attached hydrogens (tertiary/aromatic N) is 1. The van der Waals surface area contributed by atoms with E-state index in [2.05, 4.69) is 10.5 Å². The lowest BCUT2D eigenvalue weighted by molar-refractivity contribution is -0.140. The van der Waals surface area contributed by atoms with Crippen LogP contribution in [0.4, 0.5) is 0 Å². The van der Waals surface area contributed by atoms with Crippen LogP contribution in [-0.2, 0) is 9.59 Å². The van der Waals surface area contributed by atoms with Crippen LogP contribution < -0.4 is 5.32 Å². The van der Waals surface area contributed by atoms with Gasteiger partial charge < -0.3 is 14.9 Å². The molecule has 0 radical (unpaired) electrons. The van der Waals surface area contributed by atoms with Crippen LogP contribution in [0.1, 0.15) is 36.3 Å². The summed E-state index contributed by atoms with van der Waals surface area (Å²) in [5, 5.41) is 15.5. The number of aromatic nitrogens is 1. The Balaban J connectivity index is 1.86. The Morgan fingerprint density at radius 1 is 1.47 bits per heavy atom. The third-order valence-corrected chi connectivity index (χ3v) is 3.61. The first kappa shape index (κ1) is 13.6. The average Bonchev–Trinajstić information content (AvgIpc) is 3.08. The summed E-state index contributed by atoms with van der Waals surface area (Å²) in [6.07, 6.45) is 0.445. The zero-order chi connectivity index (χ0) is 14.2. The van der Waals surface area contributed by atoms with E-state index in [1.165, 1.54) is 0 Å². The van der Waals surface area contributed by atoms with Crippen LogP contribution >= 0.6 is 0 Å². The van der Waals surface area contributed by atoms with Crippen LogP contribution in [0.5, 0.6) is 0 Å². The van der Waals surface area contributed by atoms with Gasteiger partial charge in [0.2, 0.25) is 5.91 Å². The summed E-state index contributed by atoms with van der Waals surface area (Å²) in [6.45, 7) is 6.15. The van der Waals surface area contributed by atoms with Crippen molar-refractivity contribution in [1.29, 1.82) is 0 Å². The number of rotatable bonds is 5. The molecule has 1 heterocycles. The Morgan fingerprint density at radius 2 is 2.16 bits per heavy atom. The van der Waals surface area contributed by atoms with Gasteiger partial charge in [0.25, 0.3) is 0 Å². The fourth-order valence-electron chi connectivity index (χ4n) is 2.44. The fraction of sp³-hybridized carbons (Fsp3) is 0.615. The maximum absolute atomic E-state index is 11.8. The molecule has 1 aliphatic rings. The number of amides is 1. The molecule has 0 saturated heterocycles. The fourth-order valence-corrected chi connectivity index (χ4v) is 2.44. The molecule has 3 unspecified atom stereocenters. The second-order valence-electron chi connectivity index (χ2n) is 5.17. The summed E-state index contributed by atoms with van der Waals surface area (Å²) in [5.41, 5.74) is 1.83. The van der Waals surface area contributed by atoms with Crippen molar-refractivity contribution >= 4 is 11.9 Å². The van der Waals surface area contributed by atoms with Gasteiger partial charge >= 0.3 is 5.97 Å². The predicted molar refractivity (Wildman–Crippen MR) is 66.6 cm³/mol. The summed E-state index contributed by atoms with van der Waals surface area (Å²) in [6, 6.07) is 0. The van der Waals surface area contributed by atoms with Gasteiger partial charge in [0, 0.05) is 18.0 Å². The number of aryl methyl sites for hydroxylation is 2. The number of carboxylic acids is 1. The van der Waals surface area contributed by atoms with Crippen molar-refractivity contribution in [2.24, 2.45) is 11.8 Å². The van der Waals surface area contributed by atoms with Crippen molar-refractivity contribution in [3.05, 3.63) is 17.0 Å². The van der Waals surface area contributed by atoms with E-state index in [1.54, 1.807) is 0 Å². The lowest BCUT2D eigenvalue weighted by atomic mass is 9.99. The molecule has 6 nitrogen and oxygen atoms in total.